The van der Waals surface area contributed by atoms with Crippen LogP contribution in [-0.4, -0.2) is 18.2 Å². The van der Waals surface area contributed by atoms with Gasteiger partial charge in [-0.3, -0.25) is 0 Å². The van der Waals surface area contributed by atoms with E-state index in [4.69, 9.17) is 0 Å². The maximum Gasteiger partial charge on any atom is 0.126 e. The Morgan fingerprint density at radius 3 is 2.48 bits per heavy atom. The highest BCUT2D eigenvalue weighted by Gasteiger charge is 2.12. The van der Waals surface area contributed by atoms with E-state index in [-0.39, 0.29) is 5.82 Å². The van der Waals surface area contributed by atoms with E-state index in [0.717, 1.165) is 24.3 Å². The van der Waals surface area contributed by atoms with Gasteiger partial charge in [0.05, 0.1) is 6.10 Å². The van der Waals surface area contributed by atoms with Crippen molar-refractivity contribution in [1.29, 1.82) is 0 Å². The van der Waals surface area contributed by atoms with Crippen LogP contribution in [0.5, 0.6) is 0 Å². The number of aliphatic hydroxyl groups is 1. The van der Waals surface area contributed by atoms with Gasteiger partial charge in [-0.15, -0.1) is 0 Å². The second-order valence-corrected chi connectivity index (χ2v) is 5.23. The summed E-state index contributed by atoms with van der Waals surface area (Å²) in [7, 11) is 0. The first-order valence-corrected chi connectivity index (χ1v) is 7.36. The minimum absolute atomic E-state index is 0.231. The Labute approximate surface area is 125 Å². The summed E-state index contributed by atoms with van der Waals surface area (Å²) in [6.07, 6.45) is 0.0513. The number of hydrogen-bond acceptors (Lipinski definition) is 2. The maximum absolute atomic E-state index is 13.3. The third-order valence-electron chi connectivity index (χ3n) is 3.74. The maximum atomic E-state index is 13.3. The largest absolute Gasteiger partial charge is 0.388 e. The lowest BCUT2D eigenvalue weighted by Gasteiger charge is -2.24. The minimum Gasteiger partial charge on any atom is -0.388 e. The van der Waals surface area contributed by atoms with Crippen molar-refractivity contribution in [2.24, 2.45) is 0 Å². The fraction of sp³-hybridized carbons (Fsp3) is 0.333. The first kappa shape index (κ1) is 15.5. The van der Waals surface area contributed by atoms with E-state index in [0.29, 0.717) is 12.0 Å². The Bertz CT molecular complexity index is 571. The van der Waals surface area contributed by atoms with Gasteiger partial charge in [-0.05, 0) is 49.6 Å². The zero-order valence-corrected chi connectivity index (χ0v) is 12.6. The van der Waals surface area contributed by atoms with Crippen molar-refractivity contribution >= 4 is 5.69 Å². The van der Waals surface area contributed by atoms with Crippen molar-refractivity contribution in [1.82, 2.24) is 0 Å². The molecule has 0 spiro atoms. The molecule has 0 bridgehead atoms. The summed E-state index contributed by atoms with van der Waals surface area (Å²) in [6.45, 7) is 5.46. The van der Waals surface area contributed by atoms with Crippen LogP contribution >= 0.6 is 0 Å². The highest BCUT2D eigenvalue weighted by molar-refractivity contribution is 5.45. The average molecular weight is 287 g/mol. The molecular weight excluding hydrogens is 265 g/mol. The molecular formula is C18H22FNO. The lowest BCUT2D eigenvalue weighted by molar-refractivity contribution is 0.169. The van der Waals surface area contributed by atoms with Crippen LogP contribution < -0.4 is 4.90 Å². The number of benzene rings is 2. The van der Waals surface area contributed by atoms with E-state index >= 15 is 0 Å². The number of rotatable bonds is 6. The van der Waals surface area contributed by atoms with Gasteiger partial charge < -0.3 is 10.0 Å². The zero-order chi connectivity index (χ0) is 15.2. The Kier molecular flexibility index (Phi) is 5.34. The van der Waals surface area contributed by atoms with Crippen LogP contribution in [0.2, 0.25) is 0 Å². The molecule has 1 atom stereocenters. The summed E-state index contributed by atoms with van der Waals surface area (Å²) >= 11 is 0. The quantitative estimate of drug-likeness (QED) is 0.865. The van der Waals surface area contributed by atoms with E-state index in [1.54, 1.807) is 19.1 Å². The average Bonchev–Trinajstić information content (AvgIpc) is 2.51. The van der Waals surface area contributed by atoms with Gasteiger partial charge in [0, 0.05) is 18.8 Å². The van der Waals surface area contributed by atoms with E-state index in [1.165, 1.54) is 6.07 Å². The highest BCUT2D eigenvalue weighted by atomic mass is 19.1. The van der Waals surface area contributed by atoms with Crippen molar-refractivity contribution in [3.63, 3.8) is 0 Å². The normalized spacial score (nSPS) is 12.2. The molecule has 0 fully saturated rings. The van der Waals surface area contributed by atoms with Gasteiger partial charge in [-0.1, -0.05) is 30.3 Å². The Morgan fingerprint density at radius 2 is 1.86 bits per heavy atom. The predicted octanol–water partition coefficient (Wildman–Crippen LogP) is 4.08. The minimum atomic E-state index is -0.568. The molecule has 2 rings (SSSR count). The first-order chi connectivity index (χ1) is 10.1. The summed E-state index contributed by atoms with van der Waals surface area (Å²) in [5, 5.41) is 10.3. The molecule has 0 saturated carbocycles. The van der Waals surface area contributed by atoms with Gasteiger partial charge in [-0.2, -0.15) is 0 Å². The van der Waals surface area contributed by atoms with Crippen molar-refractivity contribution < 1.29 is 9.50 Å². The number of para-hydroxylation sites is 1. The molecule has 0 aliphatic carbocycles. The molecule has 2 nitrogen and oxygen atoms in total. The van der Waals surface area contributed by atoms with E-state index in [2.05, 4.69) is 24.0 Å². The molecule has 1 N–H and O–H groups in total. The second kappa shape index (κ2) is 7.23. The fourth-order valence-corrected chi connectivity index (χ4v) is 2.43. The van der Waals surface area contributed by atoms with Crippen LogP contribution in [0.15, 0.2) is 48.5 Å². The van der Waals surface area contributed by atoms with Crippen LogP contribution in [-0.2, 0) is 0 Å². The summed E-state index contributed by atoms with van der Waals surface area (Å²) in [4.78, 5) is 2.22. The number of aryl methyl sites for hydroxylation is 1. The second-order valence-electron chi connectivity index (χ2n) is 5.23. The predicted molar refractivity (Wildman–Crippen MR) is 85.0 cm³/mol. The summed E-state index contributed by atoms with van der Waals surface area (Å²) in [5.41, 5.74) is 2.50. The molecule has 0 aliphatic rings. The molecule has 0 heterocycles. The molecule has 3 heteroatoms. The van der Waals surface area contributed by atoms with Gasteiger partial charge in [0.2, 0.25) is 0 Å². The summed E-state index contributed by atoms with van der Waals surface area (Å²) in [6, 6.07) is 15.0. The topological polar surface area (TPSA) is 23.5 Å². The smallest absolute Gasteiger partial charge is 0.126 e. The van der Waals surface area contributed by atoms with Crippen molar-refractivity contribution in [3.8, 4) is 0 Å². The van der Waals surface area contributed by atoms with Crippen LogP contribution in [0.3, 0.4) is 0 Å². The van der Waals surface area contributed by atoms with Crippen molar-refractivity contribution in [2.75, 3.05) is 18.0 Å². The molecule has 2 aromatic rings. The molecule has 0 saturated heterocycles. The Hall–Kier alpha value is -1.87. The number of anilines is 1. The lowest BCUT2D eigenvalue weighted by Crippen LogP contribution is -2.25. The van der Waals surface area contributed by atoms with Crippen molar-refractivity contribution in [2.45, 2.75) is 26.4 Å². The number of halogens is 1. The zero-order valence-electron chi connectivity index (χ0n) is 12.6. The standard InChI is InChI=1S/C18H22FNO/c1-3-20(16-7-5-4-6-8-16)12-11-18(21)15-9-10-17(19)14(2)13-15/h4-10,13,18,21H,3,11-12H2,1-2H3. The van der Waals surface area contributed by atoms with Crippen molar-refractivity contribution in [3.05, 3.63) is 65.5 Å². The molecule has 0 aromatic heterocycles. The highest BCUT2D eigenvalue weighted by Crippen LogP contribution is 2.21. The van der Waals surface area contributed by atoms with Crippen LogP contribution in [0.25, 0.3) is 0 Å². The molecule has 0 amide bonds. The van der Waals surface area contributed by atoms with Crippen LogP contribution in [0.1, 0.15) is 30.6 Å². The van der Waals surface area contributed by atoms with Crippen LogP contribution in [0, 0.1) is 12.7 Å². The lowest BCUT2D eigenvalue weighted by atomic mass is 10.0. The monoisotopic (exact) mass is 287 g/mol. The number of hydrogen-bond donors (Lipinski definition) is 1. The van der Waals surface area contributed by atoms with E-state index in [9.17, 15) is 9.50 Å². The molecule has 1 unspecified atom stereocenters. The van der Waals surface area contributed by atoms with Gasteiger partial charge in [0.15, 0.2) is 0 Å². The van der Waals surface area contributed by atoms with Gasteiger partial charge in [-0.25, -0.2) is 4.39 Å². The van der Waals surface area contributed by atoms with E-state index in [1.807, 2.05) is 18.2 Å². The van der Waals surface area contributed by atoms with E-state index < -0.39 is 6.10 Å². The molecule has 21 heavy (non-hydrogen) atoms. The Balaban J connectivity index is 1.99. The number of aliphatic hydroxyl groups excluding tert-OH is 1. The van der Waals surface area contributed by atoms with Gasteiger partial charge in [0.1, 0.15) is 5.82 Å². The SMILES string of the molecule is CCN(CCC(O)c1ccc(F)c(C)c1)c1ccccc1. The molecule has 112 valence electrons. The molecule has 0 radical (unpaired) electrons. The van der Waals surface area contributed by atoms with Gasteiger partial charge in [0.25, 0.3) is 0 Å². The summed E-state index contributed by atoms with van der Waals surface area (Å²) < 4.78 is 13.3. The van der Waals surface area contributed by atoms with Gasteiger partial charge >= 0.3 is 0 Å². The molecule has 2 aromatic carbocycles. The molecule has 0 aliphatic heterocycles. The summed E-state index contributed by atoms with van der Waals surface area (Å²) in [5.74, 6) is -0.231. The first-order valence-electron chi connectivity index (χ1n) is 7.36. The number of nitrogens with zero attached hydrogens (tertiary/aromatic N) is 1. The van der Waals surface area contributed by atoms with Crippen LogP contribution in [0.4, 0.5) is 10.1 Å². The Morgan fingerprint density at radius 1 is 1.14 bits per heavy atom. The fourth-order valence-electron chi connectivity index (χ4n) is 2.43. The third kappa shape index (κ3) is 4.05. The third-order valence-corrected chi connectivity index (χ3v) is 3.74.